The molecule has 0 fully saturated rings. The molecule has 0 amide bonds. The fourth-order valence-electron chi connectivity index (χ4n) is 1.53. The Hall–Kier alpha value is -1.94. The Balaban J connectivity index is 2.41. The minimum atomic E-state index is -1.03. The highest BCUT2D eigenvalue weighted by atomic mass is 32.1. The minimum absolute atomic E-state index is 0.124. The van der Waals surface area contributed by atoms with Crippen LogP contribution < -0.4 is 0 Å². The molecule has 17 heavy (non-hydrogen) atoms. The Labute approximate surface area is 102 Å². The lowest BCUT2D eigenvalue weighted by Crippen LogP contribution is -2.03. The molecular weight excluding hydrogens is 236 g/mol. The fraction of sp³-hybridized carbons (Fsp3) is 0.0769. The van der Waals surface area contributed by atoms with Crippen molar-refractivity contribution in [1.82, 2.24) is 0 Å². The summed E-state index contributed by atoms with van der Waals surface area (Å²) in [4.78, 5) is 23.6. The number of thiophene rings is 1. The van der Waals surface area contributed by atoms with Crippen LogP contribution in [0, 0.1) is 6.92 Å². The van der Waals surface area contributed by atoms with Gasteiger partial charge in [0.15, 0.2) is 0 Å². The highest BCUT2D eigenvalue weighted by Gasteiger charge is 2.14. The molecular formula is C13H10O3S. The number of carbonyl (C=O) groups excluding carboxylic acids is 1. The summed E-state index contributed by atoms with van der Waals surface area (Å²) < 4.78 is 0. The van der Waals surface area contributed by atoms with Gasteiger partial charge in [-0.05, 0) is 36.1 Å². The van der Waals surface area contributed by atoms with Gasteiger partial charge in [-0.25, -0.2) is 4.79 Å². The maximum atomic E-state index is 12.1. The van der Waals surface area contributed by atoms with Gasteiger partial charge in [-0.15, -0.1) is 11.3 Å². The van der Waals surface area contributed by atoms with Crippen LogP contribution in [-0.2, 0) is 0 Å². The number of carboxylic acid groups (broad SMARTS) is 1. The van der Waals surface area contributed by atoms with Crippen LogP contribution in [0.1, 0.15) is 31.2 Å². The molecule has 1 heterocycles. The lowest BCUT2D eigenvalue weighted by molar-refractivity contribution is 0.0697. The predicted octanol–water partition coefficient (Wildman–Crippen LogP) is 2.99. The van der Waals surface area contributed by atoms with Gasteiger partial charge in [0, 0.05) is 5.56 Å². The summed E-state index contributed by atoms with van der Waals surface area (Å²) >= 11 is 1.37. The van der Waals surface area contributed by atoms with E-state index in [1.165, 1.54) is 23.5 Å². The lowest BCUT2D eigenvalue weighted by Gasteiger charge is -2.01. The van der Waals surface area contributed by atoms with Crippen LogP contribution in [0.15, 0.2) is 35.7 Å². The second kappa shape index (κ2) is 4.51. The summed E-state index contributed by atoms with van der Waals surface area (Å²) in [7, 11) is 0. The SMILES string of the molecule is Cc1ccsc1C(=O)c1cccc(C(=O)O)c1. The minimum Gasteiger partial charge on any atom is -0.478 e. The molecule has 0 aliphatic heterocycles. The van der Waals surface area contributed by atoms with Gasteiger partial charge in [0.2, 0.25) is 5.78 Å². The number of hydrogen-bond donors (Lipinski definition) is 1. The number of rotatable bonds is 3. The molecule has 1 N–H and O–H groups in total. The van der Waals surface area contributed by atoms with E-state index in [2.05, 4.69) is 0 Å². The second-order valence-electron chi connectivity index (χ2n) is 3.65. The van der Waals surface area contributed by atoms with Crippen molar-refractivity contribution in [3.8, 4) is 0 Å². The number of benzene rings is 1. The van der Waals surface area contributed by atoms with E-state index >= 15 is 0 Å². The molecule has 86 valence electrons. The van der Waals surface area contributed by atoms with Crippen molar-refractivity contribution in [1.29, 1.82) is 0 Å². The van der Waals surface area contributed by atoms with Crippen molar-refractivity contribution >= 4 is 23.1 Å². The Morgan fingerprint density at radius 3 is 2.47 bits per heavy atom. The smallest absolute Gasteiger partial charge is 0.335 e. The highest BCUT2D eigenvalue weighted by Crippen LogP contribution is 2.20. The third-order valence-electron chi connectivity index (χ3n) is 2.44. The van der Waals surface area contributed by atoms with E-state index in [0.717, 1.165) is 5.56 Å². The van der Waals surface area contributed by atoms with Crippen molar-refractivity contribution in [3.05, 3.63) is 57.3 Å². The number of aryl methyl sites for hydroxylation is 1. The van der Waals surface area contributed by atoms with Gasteiger partial charge < -0.3 is 5.11 Å². The number of ketones is 1. The monoisotopic (exact) mass is 246 g/mol. The van der Waals surface area contributed by atoms with Crippen molar-refractivity contribution in [2.24, 2.45) is 0 Å². The van der Waals surface area contributed by atoms with E-state index in [0.29, 0.717) is 10.4 Å². The van der Waals surface area contributed by atoms with Crippen molar-refractivity contribution < 1.29 is 14.7 Å². The zero-order chi connectivity index (χ0) is 12.4. The Kier molecular flexibility index (Phi) is 3.06. The molecule has 2 rings (SSSR count). The zero-order valence-corrected chi connectivity index (χ0v) is 9.95. The summed E-state index contributed by atoms with van der Waals surface area (Å²) in [5, 5.41) is 10.7. The average Bonchev–Trinajstić information content (AvgIpc) is 2.74. The third-order valence-corrected chi connectivity index (χ3v) is 3.46. The van der Waals surface area contributed by atoms with Crippen molar-refractivity contribution in [2.75, 3.05) is 0 Å². The summed E-state index contributed by atoms with van der Waals surface area (Å²) in [6.45, 7) is 1.87. The molecule has 0 aliphatic rings. The Morgan fingerprint density at radius 2 is 1.88 bits per heavy atom. The first-order valence-electron chi connectivity index (χ1n) is 5.02. The molecule has 0 spiro atoms. The van der Waals surface area contributed by atoms with Crippen LogP contribution in [0.5, 0.6) is 0 Å². The van der Waals surface area contributed by atoms with Gasteiger partial charge >= 0.3 is 5.97 Å². The molecule has 2 aromatic rings. The molecule has 0 saturated carbocycles. The van der Waals surface area contributed by atoms with E-state index in [1.54, 1.807) is 12.1 Å². The first-order chi connectivity index (χ1) is 8.09. The Morgan fingerprint density at radius 1 is 1.18 bits per heavy atom. The van der Waals surface area contributed by atoms with E-state index in [9.17, 15) is 9.59 Å². The number of hydrogen-bond acceptors (Lipinski definition) is 3. The fourth-order valence-corrected chi connectivity index (χ4v) is 2.42. The molecule has 1 aromatic carbocycles. The van der Waals surface area contributed by atoms with E-state index in [-0.39, 0.29) is 11.3 Å². The molecule has 0 bridgehead atoms. The lowest BCUT2D eigenvalue weighted by atomic mass is 10.0. The van der Waals surface area contributed by atoms with Crippen LogP contribution in [0.3, 0.4) is 0 Å². The van der Waals surface area contributed by atoms with Crippen LogP contribution in [0.2, 0.25) is 0 Å². The topological polar surface area (TPSA) is 54.4 Å². The molecule has 0 atom stereocenters. The maximum absolute atomic E-state index is 12.1. The van der Waals surface area contributed by atoms with E-state index in [1.807, 2.05) is 18.4 Å². The van der Waals surface area contributed by atoms with Gasteiger partial charge in [0.25, 0.3) is 0 Å². The molecule has 3 nitrogen and oxygen atoms in total. The van der Waals surface area contributed by atoms with Gasteiger partial charge in [0.1, 0.15) is 0 Å². The van der Waals surface area contributed by atoms with Crippen LogP contribution >= 0.6 is 11.3 Å². The molecule has 0 saturated heterocycles. The van der Waals surface area contributed by atoms with Gasteiger partial charge in [-0.3, -0.25) is 4.79 Å². The Bertz CT molecular complexity index is 584. The largest absolute Gasteiger partial charge is 0.478 e. The third kappa shape index (κ3) is 2.26. The molecule has 0 radical (unpaired) electrons. The zero-order valence-electron chi connectivity index (χ0n) is 9.14. The van der Waals surface area contributed by atoms with Gasteiger partial charge in [0.05, 0.1) is 10.4 Å². The molecule has 4 heteroatoms. The van der Waals surface area contributed by atoms with E-state index < -0.39 is 5.97 Å². The highest BCUT2D eigenvalue weighted by molar-refractivity contribution is 7.12. The van der Waals surface area contributed by atoms with Crippen LogP contribution in [-0.4, -0.2) is 16.9 Å². The normalized spacial score (nSPS) is 10.2. The average molecular weight is 246 g/mol. The van der Waals surface area contributed by atoms with Crippen LogP contribution in [0.25, 0.3) is 0 Å². The quantitative estimate of drug-likeness (QED) is 0.847. The summed E-state index contributed by atoms with van der Waals surface area (Å²) in [5.74, 6) is -1.15. The first kappa shape index (κ1) is 11.5. The van der Waals surface area contributed by atoms with Crippen LogP contribution in [0.4, 0.5) is 0 Å². The number of carbonyl (C=O) groups is 2. The number of carboxylic acids is 1. The van der Waals surface area contributed by atoms with Gasteiger partial charge in [-0.1, -0.05) is 12.1 Å². The number of aromatic carboxylic acids is 1. The molecule has 1 aromatic heterocycles. The second-order valence-corrected chi connectivity index (χ2v) is 4.56. The molecule has 0 aliphatic carbocycles. The first-order valence-corrected chi connectivity index (χ1v) is 5.89. The summed E-state index contributed by atoms with van der Waals surface area (Å²) in [6.07, 6.45) is 0. The van der Waals surface area contributed by atoms with Gasteiger partial charge in [-0.2, -0.15) is 0 Å². The summed E-state index contributed by atoms with van der Waals surface area (Å²) in [5.41, 5.74) is 1.46. The predicted molar refractivity (Wildman–Crippen MR) is 65.9 cm³/mol. The van der Waals surface area contributed by atoms with Crippen molar-refractivity contribution in [2.45, 2.75) is 6.92 Å². The molecule has 0 unspecified atom stereocenters. The standard InChI is InChI=1S/C13H10O3S/c1-8-5-6-17-12(8)11(14)9-3-2-4-10(7-9)13(15)16/h2-7H,1H3,(H,15,16). The van der Waals surface area contributed by atoms with Crippen molar-refractivity contribution in [3.63, 3.8) is 0 Å². The summed E-state index contributed by atoms with van der Waals surface area (Å²) in [6, 6.07) is 7.97. The van der Waals surface area contributed by atoms with E-state index in [4.69, 9.17) is 5.11 Å². The maximum Gasteiger partial charge on any atom is 0.335 e.